The van der Waals surface area contributed by atoms with Crippen molar-refractivity contribution in [2.75, 3.05) is 53.4 Å². The molecule has 1 N–H and O–H groups in total. The number of nitrogens with one attached hydrogen (secondary N) is 1. The summed E-state index contributed by atoms with van der Waals surface area (Å²) in [6.45, 7) is 8.78. The molecule has 3 rings (SSSR count). The Balaban J connectivity index is 1.42. The zero-order valence-electron chi connectivity index (χ0n) is 17.7. The van der Waals surface area contributed by atoms with Gasteiger partial charge in [-0.25, -0.2) is 0 Å². The molecule has 2 aliphatic rings. The largest absolute Gasteiger partial charge is 0.497 e. The van der Waals surface area contributed by atoms with Crippen LogP contribution in [0.3, 0.4) is 0 Å². The molecule has 1 aromatic rings. The molecular weight excluding hydrogens is 352 g/mol. The summed E-state index contributed by atoms with van der Waals surface area (Å²) in [7, 11) is 3.54. The molecule has 0 aliphatic carbocycles. The van der Waals surface area contributed by atoms with Crippen LogP contribution in [0.5, 0.6) is 11.5 Å². The number of hydrogen-bond donors (Lipinski definition) is 1. The zero-order valence-corrected chi connectivity index (χ0v) is 17.7. The van der Waals surface area contributed by atoms with E-state index in [-0.39, 0.29) is 6.10 Å². The van der Waals surface area contributed by atoms with Gasteiger partial charge in [0.15, 0.2) is 5.96 Å². The summed E-state index contributed by atoms with van der Waals surface area (Å²) in [6, 6.07) is 7.74. The van der Waals surface area contributed by atoms with E-state index in [1.165, 1.54) is 45.3 Å². The second-order valence-corrected chi connectivity index (χ2v) is 8.00. The number of hydrogen-bond acceptors (Lipinski definition) is 4. The van der Waals surface area contributed by atoms with Crippen LogP contribution in [0.2, 0.25) is 0 Å². The van der Waals surface area contributed by atoms with Gasteiger partial charge >= 0.3 is 0 Å². The number of methoxy groups -OCH3 is 1. The molecule has 0 aromatic heterocycles. The monoisotopic (exact) mass is 388 g/mol. The van der Waals surface area contributed by atoms with Crippen LogP contribution >= 0.6 is 0 Å². The summed E-state index contributed by atoms with van der Waals surface area (Å²) in [5.41, 5.74) is 0. The first-order chi connectivity index (χ1) is 13.7. The topological polar surface area (TPSA) is 49.3 Å². The molecule has 0 spiro atoms. The predicted octanol–water partition coefficient (Wildman–Crippen LogP) is 2.85. The number of piperidine rings is 1. The van der Waals surface area contributed by atoms with Gasteiger partial charge in [0.2, 0.25) is 0 Å². The molecule has 2 aliphatic heterocycles. The van der Waals surface area contributed by atoms with Gasteiger partial charge in [0.25, 0.3) is 0 Å². The van der Waals surface area contributed by atoms with Crippen LogP contribution < -0.4 is 14.8 Å². The first-order valence-electron chi connectivity index (χ1n) is 10.7. The van der Waals surface area contributed by atoms with E-state index in [0.29, 0.717) is 0 Å². The first kappa shape index (κ1) is 20.8. The lowest BCUT2D eigenvalue weighted by atomic mass is 10.1. The number of aliphatic imine (C=N–C) groups is 1. The van der Waals surface area contributed by atoms with Crippen LogP contribution in [0.15, 0.2) is 29.3 Å². The van der Waals surface area contributed by atoms with Gasteiger partial charge in [0.05, 0.1) is 13.7 Å². The van der Waals surface area contributed by atoms with Crippen molar-refractivity contribution in [2.24, 2.45) is 10.9 Å². The second kappa shape index (κ2) is 10.6. The molecule has 2 atom stereocenters. The van der Waals surface area contributed by atoms with Gasteiger partial charge in [-0.05, 0) is 57.3 Å². The Morgan fingerprint density at radius 3 is 2.75 bits per heavy atom. The zero-order chi connectivity index (χ0) is 19.8. The van der Waals surface area contributed by atoms with E-state index >= 15 is 0 Å². The summed E-state index contributed by atoms with van der Waals surface area (Å²) in [6.07, 6.45) is 5.43. The first-order valence-corrected chi connectivity index (χ1v) is 10.7. The number of ether oxygens (including phenoxy) is 2. The van der Waals surface area contributed by atoms with Crippen molar-refractivity contribution in [1.82, 2.24) is 15.1 Å². The smallest absolute Gasteiger partial charge is 0.193 e. The highest BCUT2D eigenvalue weighted by atomic mass is 16.5. The SMILES string of the molecule is CN=C(NCC(C)Oc1cccc(OC)c1)N1CCC(CN2CCCCC2)C1. The van der Waals surface area contributed by atoms with Gasteiger partial charge in [-0.15, -0.1) is 0 Å². The number of benzene rings is 1. The van der Waals surface area contributed by atoms with Crippen LogP contribution in [-0.4, -0.2) is 75.3 Å². The van der Waals surface area contributed by atoms with Gasteiger partial charge in [0, 0.05) is 32.7 Å². The Morgan fingerprint density at radius 2 is 2.00 bits per heavy atom. The fourth-order valence-electron chi connectivity index (χ4n) is 4.20. The molecule has 156 valence electrons. The molecule has 28 heavy (non-hydrogen) atoms. The Kier molecular flexibility index (Phi) is 7.83. The molecule has 1 aromatic carbocycles. The number of nitrogens with zero attached hydrogens (tertiary/aromatic N) is 3. The molecule has 2 heterocycles. The molecule has 2 saturated heterocycles. The minimum absolute atomic E-state index is 0.0376. The standard InChI is InChI=1S/C22H36N4O2/c1-18(28-21-9-7-8-20(14-21)27-3)15-24-22(23-2)26-13-10-19(17-26)16-25-11-5-4-6-12-25/h7-9,14,18-19H,4-6,10-13,15-17H2,1-3H3,(H,23,24). The summed E-state index contributed by atoms with van der Waals surface area (Å²) < 4.78 is 11.3. The molecule has 6 heteroatoms. The lowest BCUT2D eigenvalue weighted by Crippen LogP contribution is -2.44. The quantitative estimate of drug-likeness (QED) is 0.575. The van der Waals surface area contributed by atoms with Crippen molar-refractivity contribution in [3.05, 3.63) is 24.3 Å². The number of rotatable bonds is 7. The number of guanidine groups is 1. The van der Waals surface area contributed by atoms with E-state index in [9.17, 15) is 0 Å². The molecule has 2 fully saturated rings. The summed E-state index contributed by atoms with van der Waals surface area (Å²) >= 11 is 0. The van der Waals surface area contributed by atoms with E-state index in [1.807, 2.05) is 31.3 Å². The maximum Gasteiger partial charge on any atom is 0.193 e. The summed E-state index contributed by atoms with van der Waals surface area (Å²) in [4.78, 5) is 9.55. The molecule has 0 saturated carbocycles. The Morgan fingerprint density at radius 1 is 1.21 bits per heavy atom. The average molecular weight is 389 g/mol. The highest BCUT2D eigenvalue weighted by Crippen LogP contribution is 2.21. The fraction of sp³-hybridized carbons (Fsp3) is 0.682. The highest BCUT2D eigenvalue weighted by Gasteiger charge is 2.27. The highest BCUT2D eigenvalue weighted by molar-refractivity contribution is 5.80. The van der Waals surface area contributed by atoms with Crippen LogP contribution in [0.1, 0.15) is 32.6 Å². The normalized spacial score (nSPS) is 22.2. The van der Waals surface area contributed by atoms with E-state index in [4.69, 9.17) is 9.47 Å². The van der Waals surface area contributed by atoms with Gasteiger partial charge < -0.3 is 24.6 Å². The third-order valence-electron chi connectivity index (χ3n) is 5.69. The average Bonchev–Trinajstić information content (AvgIpc) is 3.17. The van der Waals surface area contributed by atoms with E-state index in [0.717, 1.165) is 43.0 Å². The maximum atomic E-state index is 6.01. The van der Waals surface area contributed by atoms with Crippen molar-refractivity contribution >= 4 is 5.96 Å². The van der Waals surface area contributed by atoms with Gasteiger partial charge in [-0.1, -0.05) is 12.5 Å². The molecule has 6 nitrogen and oxygen atoms in total. The number of likely N-dealkylation sites (tertiary alicyclic amines) is 2. The van der Waals surface area contributed by atoms with E-state index in [1.54, 1.807) is 7.11 Å². The second-order valence-electron chi connectivity index (χ2n) is 8.00. The van der Waals surface area contributed by atoms with Crippen molar-refractivity contribution in [1.29, 1.82) is 0 Å². The van der Waals surface area contributed by atoms with E-state index < -0.39 is 0 Å². The summed E-state index contributed by atoms with van der Waals surface area (Å²) in [5, 5.41) is 3.49. The van der Waals surface area contributed by atoms with Gasteiger partial charge in [0.1, 0.15) is 17.6 Å². The van der Waals surface area contributed by atoms with Crippen LogP contribution in [0.4, 0.5) is 0 Å². The fourth-order valence-corrected chi connectivity index (χ4v) is 4.20. The van der Waals surface area contributed by atoms with Gasteiger partial charge in [-0.2, -0.15) is 0 Å². The summed E-state index contributed by atoms with van der Waals surface area (Å²) in [5.74, 6) is 3.38. The lowest BCUT2D eigenvalue weighted by molar-refractivity contribution is 0.197. The van der Waals surface area contributed by atoms with Crippen molar-refractivity contribution in [3.8, 4) is 11.5 Å². The van der Waals surface area contributed by atoms with Crippen molar-refractivity contribution in [2.45, 2.75) is 38.7 Å². The molecule has 0 bridgehead atoms. The Labute approximate surface area is 169 Å². The third-order valence-corrected chi connectivity index (χ3v) is 5.69. The molecule has 0 amide bonds. The predicted molar refractivity (Wildman–Crippen MR) is 114 cm³/mol. The van der Waals surface area contributed by atoms with Gasteiger partial charge in [-0.3, -0.25) is 4.99 Å². The molecule has 0 radical (unpaired) electrons. The Bertz CT molecular complexity index is 631. The minimum atomic E-state index is 0.0376. The molecular formula is C22H36N4O2. The Hall–Kier alpha value is -1.95. The third kappa shape index (κ3) is 6.03. The van der Waals surface area contributed by atoms with Crippen LogP contribution in [0, 0.1) is 5.92 Å². The minimum Gasteiger partial charge on any atom is -0.497 e. The van der Waals surface area contributed by atoms with E-state index in [2.05, 4.69) is 27.0 Å². The van der Waals surface area contributed by atoms with Crippen molar-refractivity contribution < 1.29 is 9.47 Å². The van der Waals surface area contributed by atoms with Crippen molar-refractivity contribution in [3.63, 3.8) is 0 Å². The lowest BCUT2D eigenvalue weighted by Gasteiger charge is -2.29. The molecule has 2 unspecified atom stereocenters. The van der Waals surface area contributed by atoms with Crippen LogP contribution in [-0.2, 0) is 0 Å². The maximum absolute atomic E-state index is 6.01. The van der Waals surface area contributed by atoms with Crippen LogP contribution in [0.25, 0.3) is 0 Å².